The fourth-order valence-electron chi connectivity index (χ4n) is 0.572. The van der Waals surface area contributed by atoms with Crippen molar-refractivity contribution in [1.29, 1.82) is 0 Å². The van der Waals surface area contributed by atoms with E-state index in [1.165, 1.54) is 0 Å². The molecule has 10 heavy (non-hydrogen) atoms. The van der Waals surface area contributed by atoms with Crippen molar-refractivity contribution in [3.05, 3.63) is 24.3 Å². The molecule has 0 amide bonds. The van der Waals surface area contributed by atoms with E-state index in [0.717, 1.165) is 5.69 Å². The fourth-order valence-corrected chi connectivity index (χ4v) is 0.572. The fraction of sp³-hybridized carbons (Fsp3) is 0.429. The van der Waals surface area contributed by atoms with Gasteiger partial charge in [0.1, 0.15) is 0 Å². The Bertz CT molecular complexity index is 174. The minimum Gasteiger partial charge on any atom is -0.456 e. The zero-order valence-electron chi connectivity index (χ0n) is 6.33. The van der Waals surface area contributed by atoms with Gasteiger partial charge in [-0.1, -0.05) is 13.8 Å². The maximum Gasteiger partial charge on any atom is 0 e. The standard InChI is InChI=1S/C7H9N2.Rf/c1-6(2)7-5-8-3-4-9-7;/h4-6H,1-2H3;/q-1;. The van der Waals surface area contributed by atoms with Crippen molar-refractivity contribution >= 4 is 0 Å². The van der Waals surface area contributed by atoms with Gasteiger partial charge >= 0.3 is 0 Å². The van der Waals surface area contributed by atoms with Gasteiger partial charge in [0.15, 0.2) is 0 Å². The molecular formula is C7H9N2Rf-. The third-order valence-electron chi connectivity index (χ3n) is 1.13. The maximum atomic E-state index is 4.06. The van der Waals surface area contributed by atoms with Crippen LogP contribution in [0.25, 0.3) is 0 Å². The summed E-state index contributed by atoms with van der Waals surface area (Å²) >= 11 is 0. The second-order valence-electron chi connectivity index (χ2n) is 2.23. The summed E-state index contributed by atoms with van der Waals surface area (Å²) in [6.07, 6.45) is 5.96. The molecule has 0 saturated heterocycles. The van der Waals surface area contributed by atoms with E-state index in [-0.39, 0.29) is 0 Å². The van der Waals surface area contributed by atoms with Gasteiger partial charge in [-0.15, -0.1) is 12.4 Å². The van der Waals surface area contributed by atoms with Crippen molar-refractivity contribution in [3.8, 4) is 0 Å². The van der Waals surface area contributed by atoms with E-state index in [0.29, 0.717) is 5.92 Å². The molecule has 1 aromatic heterocycles. The Morgan fingerprint density at radius 3 is 2.50 bits per heavy atom. The first-order valence-corrected chi connectivity index (χ1v) is 2.98. The number of rotatable bonds is 1. The largest absolute Gasteiger partial charge is 0.456 e. The van der Waals surface area contributed by atoms with Gasteiger partial charge in [-0.25, -0.2) is 0 Å². The molecule has 0 aliphatic rings. The molecule has 0 aliphatic carbocycles. The van der Waals surface area contributed by atoms with Crippen LogP contribution in [0.1, 0.15) is 25.5 Å². The second kappa shape index (κ2) is 3.17. The quantitative estimate of drug-likeness (QED) is 0.680. The molecule has 0 unspecified atom stereocenters. The summed E-state index contributed by atoms with van der Waals surface area (Å²) in [5, 5.41) is 0. The van der Waals surface area contributed by atoms with Crippen molar-refractivity contribution in [1.82, 2.24) is 9.97 Å². The first kappa shape index (κ1) is 8.08. The van der Waals surface area contributed by atoms with Gasteiger partial charge in [0, 0.05) is 0 Å². The maximum absolute atomic E-state index is 4.06. The smallest absolute Gasteiger partial charge is 0 e. The number of hydrogen-bond acceptors (Lipinski definition) is 2. The van der Waals surface area contributed by atoms with E-state index in [1.807, 2.05) is 0 Å². The first-order valence-electron chi connectivity index (χ1n) is 2.98. The van der Waals surface area contributed by atoms with Gasteiger partial charge in [0.2, 0.25) is 0 Å². The van der Waals surface area contributed by atoms with E-state index in [1.54, 1.807) is 12.4 Å². The van der Waals surface area contributed by atoms with Crippen LogP contribution in [0.5, 0.6) is 0 Å². The predicted molar refractivity (Wildman–Crippen MR) is 35.0 cm³/mol. The number of hydrogen-bond donors (Lipinski definition) is 0. The molecule has 0 spiro atoms. The summed E-state index contributed by atoms with van der Waals surface area (Å²) in [5.74, 6) is 0.465. The van der Waals surface area contributed by atoms with E-state index < -0.39 is 0 Å². The molecule has 0 aromatic carbocycles. The minimum absolute atomic E-state index is 0. The van der Waals surface area contributed by atoms with Crippen molar-refractivity contribution in [2.45, 2.75) is 19.8 Å². The van der Waals surface area contributed by atoms with Gasteiger partial charge in [-0.3, -0.25) is 4.98 Å². The Kier molecular flexibility index (Phi) is 2.56. The van der Waals surface area contributed by atoms with Crippen LogP contribution in [0.3, 0.4) is 0 Å². The predicted octanol–water partition coefficient (Wildman–Crippen LogP) is 1.40. The monoisotopic (exact) mass is 388 g/mol. The Morgan fingerprint density at radius 2 is 2.20 bits per heavy atom. The first-order chi connectivity index (χ1) is 4.30. The number of nitrogens with zero attached hydrogens (tertiary/aromatic N) is 2. The molecule has 50 valence electrons. The van der Waals surface area contributed by atoms with Crippen molar-refractivity contribution < 1.29 is 0 Å². The van der Waals surface area contributed by atoms with E-state index >= 15 is 0 Å². The van der Waals surface area contributed by atoms with Gasteiger partial charge in [0.05, 0.1) is 0 Å². The van der Waals surface area contributed by atoms with Crippen LogP contribution in [-0.4, -0.2) is 9.97 Å². The van der Waals surface area contributed by atoms with Gasteiger partial charge < -0.3 is 4.98 Å². The summed E-state index contributed by atoms with van der Waals surface area (Å²) in [7, 11) is 0. The normalized spacial score (nSPS) is 9.10. The minimum atomic E-state index is 0. The van der Waals surface area contributed by atoms with Crippen LogP contribution in [0.15, 0.2) is 12.4 Å². The van der Waals surface area contributed by atoms with E-state index in [4.69, 9.17) is 0 Å². The average Bonchev–Trinajstić information content (AvgIpc) is 1.90. The Balaban J connectivity index is 0.000000810. The number of aromatic nitrogens is 2. The molecule has 3 heteroatoms. The van der Waals surface area contributed by atoms with Crippen LogP contribution in [-0.2, 0) is 0 Å². The molecule has 1 aromatic rings. The summed E-state index contributed by atoms with van der Waals surface area (Å²) in [4.78, 5) is 7.88. The molecule has 0 radical (unpaired) electrons. The molecular weight excluding hydrogens is 379 g/mol. The molecule has 0 bridgehead atoms. The van der Waals surface area contributed by atoms with Gasteiger partial charge in [-0.2, -0.15) is 0 Å². The summed E-state index contributed by atoms with van der Waals surface area (Å²) in [6.45, 7) is 4.17. The van der Waals surface area contributed by atoms with Crippen molar-refractivity contribution in [3.63, 3.8) is 0 Å². The summed E-state index contributed by atoms with van der Waals surface area (Å²) < 4.78 is 0. The van der Waals surface area contributed by atoms with Crippen LogP contribution >= 0.6 is 0 Å². The molecule has 2 nitrogen and oxygen atoms in total. The summed E-state index contributed by atoms with van der Waals surface area (Å²) in [5.41, 5.74) is 1.02. The topological polar surface area (TPSA) is 25.8 Å². The Hall–Kier alpha value is -1.92. The Labute approximate surface area is 55.0 Å². The zero-order chi connectivity index (χ0) is 6.69. The van der Waals surface area contributed by atoms with E-state index in [9.17, 15) is 0 Å². The zero-order valence-corrected chi connectivity index (χ0v) is 12.7. The third kappa shape index (κ3) is 1.54. The Morgan fingerprint density at radius 1 is 1.50 bits per heavy atom. The van der Waals surface area contributed by atoms with E-state index in [2.05, 4.69) is 30.0 Å². The van der Waals surface area contributed by atoms with Gasteiger partial charge in [-0.05, 0) is 17.8 Å². The molecule has 0 atom stereocenters. The van der Waals surface area contributed by atoms with Crippen LogP contribution in [0.2, 0.25) is 0 Å². The van der Waals surface area contributed by atoms with Crippen molar-refractivity contribution in [2.75, 3.05) is 0 Å². The third-order valence-corrected chi connectivity index (χ3v) is 1.13. The van der Waals surface area contributed by atoms with Crippen LogP contribution in [0, 0.1) is 6.20 Å². The molecule has 0 N–H and O–H groups in total. The molecule has 0 fully saturated rings. The average molecular weight is 388 g/mol. The second-order valence-corrected chi connectivity index (χ2v) is 2.23. The van der Waals surface area contributed by atoms with Crippen LogP contribution < -0.4 is 0 Å². The molecule has 1 rings (SSSR count). The molecule has 1 heterocycles. The summed E-state index contributed by atoms with van der Waals surface area (Å²) in [6, 6.07) is 0. The van der Waals surface area contributed by atoms with Gasteiger partial charge in [0.25, 0.3) is 0 Å². The van der Waals surface area contributed by atoms with Crippen LogP contribution in [0.4, 0.5) is 0 Å². The molecule has 0 saturated carbocycles. The molecule has 0 aliphatic heterocycles. The SMILES string of the molecule is CC(C)c1cn[c-]cn1.[Rf]. The van der Waals surface area contributed by atoms with Crippen molar-refractivity contribution in [2.24, 2.45) is 0 Å².